The molecule has 0 radical (unpaired) electrons. The molecule has 0 atom stereocenters. The first kappa shape index (κ1) is 25.2. The monoisotopic (exact) mass is 542 g/mol. The molecule has 2 amide bonds. The number of nitrogens with one attached hydrogen (secondary N) is 2. The Hall–Kier alpha value is -4.41. The molecule has 0 aliphatic carbocycles. The summed E-state index contributed by atoms with van der Waals surface area (Å²) < 4.78 is 11.3. The van der Waals surface area contributed by atoms with E-state index in [-0.39, 0.29) is 11.8 Å². The largest absolute Gasteiger partial charge is 0.496 e. The van der Waals surface area contributed by atoms with Crippen molar-refractivity contribution in [2.24, 2.45) is 5.10 Å². The number of oxazole rings is 1. The van der Waals surface area contributed by atoms with Gasteiger partial charge in [0.15, 0.2) is 5.58 Å². The maximum Gasteiger partial charge on any atom is 0.271 e. The van der Waals surface area contributed by atoms with Crippen molar-refractivity contribution in [3.63, 3.8) is 0 Å². The highest BCUT2D eigenvalue weighted by molar-refractivity contribution is 7.98. The number of benzene rings is 3. The number of rotatable bonds is 9. The Morgan fingerprint density at radius 2 is 1.89 bits per heavy atom. The standard InChI is InChI=1S/C28H22N4O4S2/c1-35-23-13-8-18(15-20(23)17-38-28-31-22-5-2-3-6-24(22)36-28)16-29-32-26(33)19-9-11-21(12-10-19)30-27(34)25-7-4-14-37-25/h2-16H,17H2,1H3,(H,30,34)(H,32,33). The average Bonchev–Trinajstić information content (AvgIpc) is 3.63. The van der Waals surface area contributed by atoms with Crippen LogP contribution in [0.2, 0.25) is 0 Å². The Labute approximate surface area is 226 Å². The van der Waals surface area contributed by atoms with Crippen molar-refractivity contribution in [3.8, 4) is 5.75 Å². The lowest BCUT2D eigenvalue weighted by molar-refractivity contribution is 0.0954. The fraction of sp³-hybridized carbons (Fsp3) is 0.0714. The van der Waals surface area contributed by atoms with Gasteiger partial charge in [-0.3, -0.25) is 9.59 Å². The van der Waals surface area contributed by atoms with Gasteiger partial charge in [-0.15, -0.1) is 11.3 Å². The molecule has 0 spiro atoms. The molecule has 0 saturated heterocycles. The first-order chi connectivity index (χ1) is 18.6. The van der Waals surface area contributed by atoms with Gasteiger partial charge in [0.1, 0.15) is 11.3 Å². The Balaban J connectivity index is 1.18. The summed E-state index contributed by atoms with van der Waals surface area (Å²) in [4.78, 5) is 29.8. The number of anilines is 1. The minimum Gasteiger partial charge on any atom is -0.496 e. The molecule has 2 heterocycles. The smallest absolute Gasteiger partial charge is 0.271 e. The van der Waals surface area contributed by atoms with Gasteiger partial charge < -0.3 is 14.5 Å². The number of carbonyl (C=O) groups excluding carboxylic acids is 2. The second-order valence-electron chi connectivity index (χ2n) is 8.02. The topological polar surface area (TPSA) is 106 Å². The highest BCUT2D eigenvalue weighted by atomic mass is 32.2. The highest BCUT2D eigenvalue weighted by Gasteiger charge is 2.11. The molecule has 0 fully saturated rings. The van der Waals surface area contributed by atoms with Crippen LogP contribution in [0.15, 0.2) is 99.0 Å². The third-order valence-electron chi connectivity index (χ3n) is 5.46. The molecular weight excluding hydrogens is 520 g/mol. The van der Waals surface area contributed by atoms with Gasteiger partial charge in [-0.05, 0) is 71.6 Å². The summed E-state index contributed by atoms with van der Waals surface area (Å²) in [5.74, 6) is 0.769. The summed E-state index contributed by atoms with van der Waals surface area (Å²) in [6, 6.07) is 23.5. The molecule has 0 aliphatic heterocycles. The van der Waals surface area contributed by atoms with Crippen LogP contribution in [0.3, 0.4) is 0 Å². The number of thioether (sulfide) groups is 1. The zero-order valence-electron chi connectivity index (χ0n) is 20.2. The van der Waals surface area contributed by atoms with Crippen LogP contribution in [-0.2, 0) is 5.75 Å². The normalized spacial score (nSPS) is 11.1. The van der Waals surface area contributed by atoms with Gasteiger partial charge in [0.25, 0.3) is 17.0 Å². The number of hydrogen-bond donors (Lipinski definition) is 2. The van der Waals surface area contributed by atoms with E-state index in [9.17, 15) is 9.59 Å². The van der Waals surface area contributed by atoms with E-state index < -0.39 is 0 Å². The fourth-order valence-electron chi connectivity index (χ4n) is 3.58. The van der Waals surface area contributed by atoms with Crippen molar-refractivity contribution in [2.45, 2.75) is 11.0 Å². The molecular formula is C28H22N4O4S2. The number of hydrogen-bond acceptors (Lipinski definition) is 8. The van der Waals surface area contributed by atoms with Crippen molar-refractivity contribution < 1.29 is 18.7 Å². The zero-order chi connectivity index (χ0) is 26.3. The number of methoxy groups -OCH3 is 1. The number of carbonyl (C=O) groups is 2. The summed E-state index contributed by atoms with van der Waals surface area (Å²) >= 11 is 2.83. The van der Waals surface area contributed by atoms with Crippen LogP contribution >= 0.6 is 23.1 Å². The van der Waals surface area contributed by atoms with Gasteiger partial charge in [0, 0.05) is 22.6 Å². The van der Waals surface area contributed by atoms with Crippen LogP contribution in [-0.4, -0.2) is 30.1 Å². The zero-order valence-corrected chi connectivity index (χ0v) is 21.8. The van der Waals surface area contributed by atoms with Crippen molar-refractivity contribution >= 4 is 57.9 Å². The Bertz CT molecular complexity index is 1560. The molecule has 5 rings (SSSR count). The van der Waals surface area contributed by atoms with E-state index in [4.69, 9.17) is 9.15 Å². The number of amides is 2. The third-order valence-corrected chi connectivity index (χ3v) is 7.21. The van der Waals surface area contributed by atoms with E-state index in [1.54, 1.807) is 43.7 Å². The number of ether oxygens (including phenoxy) is 1. The number of fused-ring (bicyclic) bond motifs is 1. The Morgan fingerprint density at radius 3 is 2.66 bits per heavy atom. The van der Waals surface area contributed by atoms with Crippen molar-refractivity contribution in [3.05, 3.63) is 106 Å². The maximum absolute atomic E-state index is 12.5. The quantitative estimate of drug-likeness (QED) is 0.130. The van der Waals surface area contributed by atoms with Crippen LogP contribution in [0.1, 0.15) is 31.2 Å². The molecule has 0 unspecified atom stereocenters. The highest BCUT2D eigenvalue weighted by Crippen LogP contribution is 2.30. The molecule has 3 aromatic carbocycles. The van der Waals surface area contributed by atoms with E-state index in [2.05, 4.69) is 20.8 Å². The van der Waals surface area contributed by atoms with Crippen LogP contribution in [0.4, 0.5) is 5.69 Å². The lowest BCUT2D eigenvalue weighted by atomic mass is 10.1. The SMILES string of the molecule is COc1ccc(C=NNC(=O)c2ccc(NC(=O)c3cccs3)cc2)cc1CSc1nc2ccccc2o1. The molecule has 2 aromatic heterocycles. The van der Waals surface area contributed by atoms with E-state index in [1.165, 1.54) is 23.1 Å². The molecule has 10 heteroatoms. The maximum atomic E-state index is 12.5. The van der Waals surface area contributed by atoms with Crippen molar-refractivity contribution in [1.82, 2.24) is 10.4 Å². The number of para-hydroxylation sites is 2. The molecule has 0 saturated carbocycles. The van der Waals surface area contributed by atoms with Gasteiger partial charge in [-0.25, -0.2) is 10.4 Å². The van der Waals surface area contributed by atoms with Gasteiger partial charge >= 0.3 is 0 Å². The molecule has 38 heavy (non-hydrogen) atoms. The van der Waals surface area contributed by atoms with Gasteiger partial charge in [0.2, 0.25) is 0 Å². The average molecular weight is 543 g/mol. The van der Waals surface area contributed by atoms with E-state index in [0.717, 1.165) is 28.0 Å². The van der Waals surface area contributed by atoms with Crippen molar-refractivity contribution in [2.75, 3.05) is 12.4 Å². The second kappa shape index (κ2) is 11.8. The van der Waals surface area contributed by atoms with Crippen LogP contribution in [0, 0.1) is 0 Å². The lowest BCUT2D eigenvalue weighted by Gasteiger charge is -2.08. The molecule has 0 bridgehead atoms. The van der Waals surface area contributed by atoms with Crippen LogP contribution < -0.4 is 15.5 Å². The molecule has 8 nitrogen and oxygen atoms in total. The van der Waals surface area contributed by atoms with E-state index in [0.29, 0.717) is 27.1 Å². The first-order valence-electron chi connectivity index (χ1n) is 11.5. The number of thiophene rings is 1. The molecule has 0 aliphatic rings. The van der Waals surface area contributed by atoms with Gasteiger partial charge in [-0.1, -0.05) is 30.0 Å². The molecule has 5 aromatic rings. The van der Waals surface area contributed by atoms with E-state index >= 15 is 0 Å². The second-order valence-corrected chi connectivity index (χ2v) is 9.89. The Kier molecular flexibility index (Phi) is 7.81. The first-order valence-corrected chi connectivity index (χ1v) is 13.4. The summed E-state index contributed by atoms with van der Waals surface area (Å²) in [5.41, 5.74) is 6.85. The number of aromatic nitrogens is 1. The van der Waals surface area contributed by atoms with Gasteiger partial charge in [0.05, 0.1) is 18.2 Å². The molecule has 190 valence electrons. The van der Waals surface area contributed by atoms with Crippen LogP contribution in [0.5, 0.6) is 5.75 Å². The van der Waals surface area contributed by atoms with Crippen LogP contribution in [0.25, 0.3) is 11.1 Å². The number of hydrazone groups is 1. The summed E-state index contributed by atoms with van der Waals surface area (Å²) in [6.07, 6.45) is 1.57. The van der Waals surface area contributed by atoms with Gasteiger partial charge in [-0.2, -0.15) is 5.10 Å². The summed E-state index contributed by atoms with van der Waals surface area (Å²) in [6.45, 7) is 0. The lowest BCUT2D eigenvalue weighted by Crippen LogP contribution is -2.17. The number of nitrogens with zero attached hydrogens (tertiary/aromatic N) is 2. The summed E-state index contributed by atoms with van der Waals surface area (Å²) in [5, 5.41) is 9.32. The van der Waals surface area contributed by atoms with E-state index in [1.807, 2.05) is 53.9 Å². The molecule has 2 N–H and O–H groups in total. The summed E-state index contributed by atoms with van der Waals surface area (Å²) in [7, 11) is 1.62. The third kappa shape index (κ3) is 6.10. The minimum atomic E-state index is -0.363. The predicted octanol–water partition coefficient (Wildman–Crippen LogP) is 6.21. The van der Waals surface area contributed by atoms with Crippen molar-refractivity contribution in [1.29, 1.82) is 0 Å². The fourth-order valence-corrected chi connectivity index (χ4v) is 5.01. The predicted molar refractivity (Wildman–Crippen MR) is 150 cm³/mol. The minimum absolute atomic E-state index is 0.187. The Morgan fingerprint density at radius 1 is 1.05 bits per heavy atom.